The first-order valence-corrected chi connectivity index (χ1v) is 7.17. The minimum absolute atomic E-state index is 0.267. The van der Waals surface area contributed by atoms with Crippen molar-refractivity contribution in [2.75, 3.05) is 24.3 Å². The van der Waals surface area contributed by atoms with Gasteiger partial charge in [-0.1, -0.05) is 6.07 Å². The summed E-state index contributed by atoms with van der Waals surface area (Å²) < 4.78 is 0. The number of aromatic hydroxyl groups is 1. The summed E-state index contributed by atoms with van der Waals surface area (Å²) in [5.41, 5.74) is 3.04. The number of anilines is 3. The van der Waals surface area contributed by atoms with E-state index in [1.54, 1.807) is 18.3 Å². The molecule has 2 N–H and O–H groups in total. The number of nitrogens with zero attached hydrogens (tertiary/aromatic N) is 2. The van der Waals surface area contributed by atoms with Crippen molar-refractivity contribution in [3.63, 3.8) is 0 Å². The van der Waals surface area contributed by atoms with Crippen molar-refractivity contribution in [1.29, 1.82) is 0 Å². The molecule has 0 saturated heterocycles. The Bertz CT molecular complexity index is 828. The van der Waals surface area contributed by atoms with Gasteiger partial charge in [0.25, 0.3) is 0 Å². The van der Waals surface area contributed by atoms with Crippen LogP contribution >= 0.6 is 0 Å². The number of aryl methyl sites for hydroxylation is 1. The summed E-state index contributed by atoms with van der Waals surface area (Å²) in [5, 5.41) is 15.1. The largest absolute Gasteiger partial charge is 0.508 e. The van der Waals surface area contributed by atoms with Crippen molar-refractivity contribution < 1.29 is 5.11 Å². The highest BCUT2D eigenvalue weighted by Gasteiger charge is 2.07. The predicted octanol–water partition coefficient (Wildman–Crippen LogP) is 4.06. The Labute approximate surface area is 130 Å². The van der Waals surface area contributed by atoms with Crippen molar-refractivity contribution in [3.8, 4) is 5.75 Å². The molecular weight excluding hydrogens is 274 g/mol. The molecule has 0 saturated carbocycles. The second kappa shape index (κ2) is 5.56. The summed E-state index contributed by atoms with van der Waals surface area (Å²) in [5.74, 6) is 1.08. The third-order valence-corrected chi connectivity index (χ3v) is 3.73. The zero-order valence-electron chi connectivity index (χ0n) is 13.0. The molecule has 3 rings (SSSR count). The highest BCUT2D eigenvalue weighted by atomic mass is 16.3. The molecule has 0 radical (unpaired) electrons. The van der Waals surface area contributed by atoms with Gasteiger partial charge in [-0.05, 0) is 54.3 Å². The van der Waals surface area contributed by atoms with E-state index in [4.69, 9.17) is 0 Å². The van der Waals surface area contributed by atoms with Crippen LogP contribution in [0.2, 0.25) is 0 Å². The molecule has 0 fully saturated rings. The van der Waals surface area contributed by atoms with E-state index in [9.17, 15) is 5.11 Å². The van der Waals surface area contributed by atoms with Crippen LogP contribution in [-0.4, -0.2) is 24.2 Å². The van der Waals surface area contributed by atoms with Gasteiger partial charge in [-0.15, -0.1) is 0 Å². The van der Waals surface area contributed by atoms with Crippen molar-refractivity contribution in [1.82, 2.24) is 4.98 Å². The number of benzene rings is 2. The van der Waals surface area contributed by atoms with Crippen LogP contribution in [0.3, 0.4) is 0 Å². The van der Waals surface area contributed by atoms with Crippen LogP contribution in [0.4, 0.5) is 17.2 Å². The molecule has 0 bridgehead atoms. The van der Waals surface area contributed by atoms with E-state index in [1.165, 1.54) is 0 Å². The second-order valence-corrected chi connectivity index (χ2v) is 5.58. The van der Waals surface area contributed by atoms with Gasteiger partial charge in [-0.25, -0.2) is 4.98 Å². The second-order valence-electron chi connectivity index (χ2n) is 5.58. The standard InChI is InChI=1S/C18H19N3O/c1-12-10-15(22)6-7-17(12)20-18-16-11-14(21(2)3)5-4-13(16)8-9-19-18/h4-11,22H,1-3H3,(H,19,20). The first-order valence-electron chi connectivity index (χ1n) is 7.17. The lowest BCUT2D eigenvalue weighted by atomic mass is 10.1. The summed E-state index contributed by atoms with van der Waals surface area (Å²) in [4.78, 5) is 6.55. The van der Waals surface area contributed by atoms with Crippen LogP contribution < -0.4 is 10.2 Å². The monoisotopic (exact) mass is 293 g/mol. The van der Waals surface area contributed by atoms with Crippen LogP contribution in [0.5, 0.6) is 5.75 Å². The maximum atomic E-state index is 9.52. The summed E-state index contributed by atoms with van der Waals surface area (Å²) in [7, 11) is 4.05. The Balaban J connectivity index is 2.08. The minimum Gasteiger partial charge on any atom is -0.508 e. The van der Waals surface area contributed by atoms with Crippen molar-refractivity contribution >= 4 is 28.0 Å². The van der Waals surface area contributed by atoms with Gasteiger partial charge in [0.1, 0.15) is 11.6 Å². The third kappa shape index (κ3) is 2.68. The Morgan fingerprint density at radius 3 is 2.59 bits per heavy atom. The molecule has 4 heteroatoms. The van der Waals surface area contributed by atoms with Crippen molar-refractivity contribution in [3.05, 3.63) is 54.2 Å². The summed E-state index contributed by atoms with van der Waals surface area (Å²) in [6.07, 6.45) is 1.80. The van der Waals surface area contributed by atoms with Crippen LogP contribution in [-0.2, 0) is 0 Å². The van der Waals surface area contributed by atoms with Gasteiger partial charge >= 0.3 is 0 Å². The molecule has 0 spiro atoms. The van der Waals surface area contributed by atoms with Crippen LogP contribution in [0.15, 0.2) is 48.7 Å². The highest BCUT2D eigenvalue weighted by Crippen LogP contribution is 2.29. The average molecular weight is 293 g/mol. The molecule has 22 heavy (non-hydrogen) atoms. The molecule has 0 aliphatic carbocycles. The number of hydrogen-bond acceptors (Lipinski definition) is 4. The lowest BCUT2D eigenvalue weighted by Gasteiger charge is -2.15. The Morgan fingerprint density at radius 1 is 1.05 bits per heavy atom. The molecule has 0 aliphatic heterocycles. The number of nitrogens with one attached hydrogen (secondary N) is 1. The maximum Gasteiger partial charge on any atom is 0.138 e. The van der Waals surface area contributed by atoms with Gasteiger partial charge in [-0.2, -0.15) is 0 Å². The first-order chi connectivity index (χ1) is 10.5. The number of phenolic OH excluding ortho intramolecular Hbond substituents is 1. The lowest BCUT2D eigenvalue weighted by molar-refractivity contribution is 0.475. The molecule has 4 nitrogen and oxygen atoms in total. The number of phenols is 1. The molecule has 0 unspecified atom stereocenters. The number of pyridine rings is 1. The van der Waals surface area contributed by atoms with E-state index in [2.05, 4.69) is 33.4 Å². The van der Waals surface area contributed by atoms with Gasteiger partial charge < -0.3 is 15.3 Å². The van der Waals surface area contributed by atoms with E-state index in [0.717, 1.165) is 33.5 Å². The van der Waals surface area contributed by atoms with E-state index in [1.807, 2.05) is 33.2 Å². The Kier molecular flexibility index (Phi) is 3.59. The first kappa shape index (κ1) is 14.2. The number of fused-ring (bicyclic) bond motifs is 1. The van der Waals surface area contributed by atoms with Crippen molar-refractivity contribution in [2.45, 2.75) is 6.92 Å². The molecular formula is C18H19N3O. The topological polar surface area (TPSA) is 48.4 Å². The predicted molar refractivity (Wildman–Crippen MR) is 92.2 cm³/mol. The molecule has 0 atom stereocenters. The fourth-order valence-electron chi connectivity index (χ4n) is 2.45. The van der Waals surface area contributed by atoms with Gasteiger partial charge in [0.05, 0.1) is 0 Å². The number of hydrogen-bond donors (Lipinski definition) is 2. The van der Waals surface area contributed by atoms with Gasteiger partial charge in [0, 0.05) is 37.1 Å². The maximum absolute atomic E-state index is 9.52. The summed E-state index contributed by atoms with van der Waals surface area (Å²) in [6, 6.07) is 13.6. The molecule has 3 aromatic rings. The van der Waals surface area contributed by atoms with Gasteiger partial charge in [0.2, 0.25) is 0 Å². The van der Waals surface area contributed by atoms with E-state index in [0.29, 0.717) is 0 Å². The lowest BCUT2D eigenvalue weighted by Crippen LogP contribution is -2.08. The fourth-order valence-corrected chi connectivity index (χ4v) is 2.45. The zero-order valence-corrected chi connectivity index (χ0v) is 13.0. The van der Waals surface area contributed by atoms with Crippen LogP contribution in [0, 0.1) is 6.92 Å². The average Bonchev–Trinajstić information content (AvgIpc) is 2.49. The van der Waals surface area contributed by atoms with Gasteiger partial charge in [0.15, 0.2) is 0 Å². The molecule has 1 aromatic heterocycles. The number of aromatic nitrogens is 1. The number of rotatable bonds is 3. The quantitative estimate of drug-likeness (QED) is 0.715. The van der Waals surface area contributed by atoms with Crippen molar-refractivity contribution in [2.24, 2.45) is 0 Å². The van der Waals surface area contributed by atoms with E-state index in [-0.39, 0.29) is 5.75 Å². The zero-order chi connectivity index (χ0) is 15.7. The Hall–Kier alpha value is -2.75. The summed E-state index contributed by atoms with van der Waals surface area (Å²) in [6.45, 7) is 1.96. The van der Waals surface area contributed by atoms with Gasteiger partial charge in [-0.3, -0.25) is 0 Å². The molecule has 2 aromatic carbocycles. The Morgan fingerprint density at radius 2 is 1.86 bits per heavy atom. The smallest absolute Gasteiger partial charge is 0.138 e. The minimum atomic E-state index is 0.267. The highest BCUT2D eigenvalue weighted by molar-refractivity contribution is 5.95. The summed E-state index contributed by atoms with van der Waals surface area (Å²) >= 11 is 0. The molecule has 0 aliphatic rings. The van der Waals surface area contributed by atoms with Crippen LogP contribution in [0.25, 0.3) is 10.8 Å². The van der Waals surface area contributed by atoms with E-state index >= 15 is 0 Å². The fraction of sp³-hybridized carbons (Fsp3) is 0.167. The third-order valence-electron chi connectivity index (χ3n) is 3.73. The van der Waals surface area contributed by atoms with E-state index < -0.39 is 0 Å². The normalized spacial score (nSPS) is 10.7. The molecule has 0 amide bonds. The SMILES string of the molecule is Cc1cc(O)ccc1Nc1nccc2ccc(N(C)C)cc12. The molecule has 112 valence electrons. The van der Waals surface area contributed by atoms with Crippen LogP contribution in [0.1, 0.15) is 5.56 Å². The molecule has 1 heterocycles.